The van der Waals surface area contributed by atoms with Crippen LogP contribution in [0.3, 0.4) is 0 Å². The Bertz CT molecular complexity index is 6490. The number of pyridine rings is 3. The van der Waals surface area contributed by atoms with Gasteiger partial charge in [0.2, 0.25) is 22.2 Å². The van der Waals surface area contributed by atoms with Crippen molar-refractivity contribution in [3.05, 3.63) is 224 Å². The van der Waals surface area contributed by atoms with Crippen molar-refractivity contribution < 1.29 is 89.7 Å². The molecule has 10 aromatic rings. The SMILES string of the molecule is CCNc1nnc(-c2ccc(C#C[C@]3(CN4Cc5ccc(OC)cc5C4=O)NC(=O)NC3=O)cn2)o1.COc1ccc2c(c1)C(=O)N(C[C@@]1(C#Cc3ccc4scnc4c3)NC(=O)NC1=O)C2.COc1ccc2c(c1)C(=O)N(C[C@@]1(C#Cc3cccnc3N)NC(=O)NC1=O)C2.O=C1NC(=O)[C@@](C#Cc2cccnc2)(CN2Cc3ccc(OC(F)F)cc3C2=O)N1. The fourth-order valence-electron chi connectivity index (χ4n) is 14.2. The molecule has 0 unspecified atom stereocenters. The standard InChI is InChI=1S/C24H21N7O5.C22H16N4O4S.C20H14F2N4O4.C20H17N5O4/c1-3-25-23-30-29-19(36-23)18-7-4-14(11-26-18)8-9-24(21(33)27-22(34)28-24)13-31-12-15-5-6-16(35-2)10-17(15)20(31)32;1-30-15-4-3-14-10-26(19(27)16(14)9-15)11-22(20(28)24-21(29)25-22)7-6-13-2-5-18-17(8-13)23-12-31-18;21-18(22)30-14-4-3-13-10-26(16(27)15(13)8-14)11-20(17(28)24-19(29)25-20)6-5-12-2-1-7-23-9-12;1-29-14-5-4-13-10-25(17(26)15(13)9-14)11-20(18(27)23-19(28)24-20)7-6-12-3-2-8-22-16(12)21/h4-7,10-11H,3,12-13H2,1-2H3,(H,25,30)(H2,27,28,33,34);2-5,8-9,12H,10-11H2,1H3,(H2,24,25,28,29);1-4,7-9,18H,10-11H2,(H2,24,25,28,29);2-5,8-9H,10-11H2,1H3,(H2,21,22)(H2,23,24,27,28)/t24-;22-;2*20-/m1111/s1. The Kier molecular flexibility index (Phi) is 23.4. The van der Waals surface area contributed by atoms with Gasteiger partial charge in [-0.1, -0.05) is 76.7 Å². The number of rotatable bonds is 16. The number of imide groups is 4. The van der Waals surface area contributed by atoms with Gasteiger partial charge in [0.05, 0.1) is 68.8 Å². The number of aromatic nitrogens is 6. The molecular weight excluding hydrogens is 1660 g/mol. The van der Waals surface area contributed by atoms with E-state index in [0.717, 1.165) is 26.9 Å². The maximum atomic E-state index is 13.0. The highest BCUT2D eigenvalue weighted by Gasteiger charge is 2.53. The molecule has 8 aliphatic heterocycles. The van der Waals surface area contributed by atoms with E-state index in [-0.39, 0.29) is 80.0 Å². The number of anilines is 2. The third kappa shape index (κ3) is 17.7. The molecule has 4 atom stereocenters. The van der Waals surface area contributed by atoms with Crippen molar-refractivity contribution >= 4 is 105 Å². The molecule has 8 aliphatic rings. The van der Waals surface area contributed by atoms with Crippen LogP contribution >= 0.6 is 11.3 Å². The lowest BCUT2D eigenvalue weighted by Gasteiger charge is -2.26. The maximum absolute atomic E-state index is 13.0. The van der Waals surface area contributed by atoms with Crippen LogP contribution in [-0.4, -0.2) is 204 Å². The fraction of sp³-hybridized carbons (Fsp3) is 0.209. The van der Waals surface area contributed by atoms with E-state index < -0.39 is 82.4 Å². The van der Waals surface area contributed by atoms with Crippen molar-refractivity contribution in [2.45, 2.75) is 61.9 Å². The number of carbonyl (C=O) groups is 12. The molecule has 11 N–H and O–H groups in total. The minimum absolute atomic E-state index is 0.0770. The molecule has 16 amide bonds. The quantitative estimate of drug-likeness (QED) is 0.0467. The number of amides is 16. The van der Waals surface area contributed by atoms with Crippen LogP contribution in [0.5, 0.6) is 23.0 Å². The Morgan fingerprint density at radius 1 is 0.484 bits per heavy atom. The van der Waals surface area contributed by atoms with E-state index in [1.165, 1.54) is 89.1 Å². The average molecular weight is 1720 g/mol. The lowest BCUT2D eigenvalue weighted by Crippen LogP contribution is -2.54. The summed E-state index contributed by atoms with van der Waals surface area (Å²) in [6.07, 6.45) is 6.08. The number of carbonyl (C=O) groups excluding carboxylic acids is 12. The molecule has 4 saturated heterocycles. The highest BCUT2D eigenvalue weighted by molar-refractivity contribution is 7.16. The number of nitrogens with one attached hydrogen (secondary N) is 9. The van der Waals surface area contributed by atoms with Crippen LogP contribution in [0.1, 0.15) is 92.9 Å². The van der Waals surface area contributed by atoms with Gasteiger partial charge in [-0.05, 0) is 132 Å². The Morgan fingerprint density at radius 3 is 1.30 bits per heavy atom. The molecule has 18 rings (SSSR count). The van der Waals surface area contributed by atoms with E-state index in [1.807, 2.05) is 31.2 Å². The summed E-state index contributed by atoms with van der Waals surface area (Å²) in [5.74, 6) is 21.0. The summed E-state index contributed by atoms with van der Waals surface area (Å²) in [6.45, 7) is -0.00867. The molecule has 5 aromatic heterocycles. The molecule has 0 saturated carbocycles. The number of methoxy groups -OCH3 is 3. The zero-order chi connectivity index (χ0) is 88.8. The number of nitrogens with zero attached hydrogens (tertiary/aromatic N) is 10. The van der Waals surface area contributed by atoms with E-state index in [1.54, 1.807) is 96.6 Å². The average Bonchev–Trinajstić information content (AvgIpc) is 1.63. The summed E-state index contributed by atoms with van der Waals surface area (Å²) in [6, 6.07) is 32.9. The molecule has 13 heterocycles. The van der Waals surface area contributed by atoms with Gasteiger partial charge in [-0.2, -0.15) is 8.78 Å². The first-order valence-electron chi connectivity index (χ1n) is 38.1. The smallest absolute Gasteiger partial charge is 0.387 e. The van der Waals surface area contributed by atoms with Gasteiger partial charge >= 0.3 is 36.8 Å². The second-order valence-electron chi connectivity index (χ2n) is 28.8. The van der Waals surface area contributed by atoms with Gasteiger partial charge in [-0.15, -0.1) is 16.4 Å². The second-order valence-corrected chi connectivity index (χ2v) is 29.6. The number of nitrogen functional groups attached to an aromatic ring is 1. The molecule has 4 fully saturated rings. The largest absolute Gasteiger partial charge is 0.497 e. The third-order valence-electron chi connectivity index (χ3n) is 20.5. The minimum Gasteiger partial charge on any atom is -0.497 e. The van der Waals surface area contributed by atoms with E-state index in [9.17, 15) is 66.3 Å². The maximum Gasteiger partial charge on any atom is 0.387 e. The van der Waals surface area contributed by atoms with Crippen molar-refractivity contribution in [3.8, 4) is 81.9 Å². The number of thiazole rings is 1. The second kappa shape index (κ2) is 35.1. The van der Waals surface area contributed by atoms with Crippen LogP contribution < -0.4 is 72.5 Å². The number of urea groups is 4. The number of hydrogen-bond acceptors (Lipinski definition) is 26. The predicted molar refractivity (Wildman–Crippen MR) is 440 cm³/mol. The molecule has 126 heavy (non-hydrogen) atoms. The summed E-state index contributed by atoms with van der Waals surface area (Å²) < 4.78 is 51.3. The van der Waals surface area contributed by atoms with Crippen molar-refractivity contribution in [3.63, 3.8) is 0 Å². The Labute approximate surface area is 716 Å². The Balaban J connectivity index is 0.000000130. The Hall–Kier alpha value is -16.9. The van der Waals surface area contributed by atoms with E-state index in [0.29, 0.717) is 93.1 Å². The molecule has 37 nitrogen and oxygen atoms in total. The first kappa shape index (κ1) is 84.2. The van der Waals surface area contributed by atoms with E-state index in [2.05, 4.69) is 130 Å². The molecule has 0 spiro atoms. The number of fused-ring (bicyclic) bond motifs is 5. The van der Waals surface area contributed by atoms with Crippen LogP contribution in [-0.2, 0) is 45.4 Å². The van der Waals surface area contributed by atoms with Crippen LogP contribution in [0.2, 0.25) is 0 Å². The van der Waals surface area contributed by atoms with Gasteiger partial charge in [0.15, 0.2) is 0 Å². The Morgan fingerprint density at radius 2 is 0.905 bits per heavy atom. The molecule has 0 aliphatic carbocycles. The van der Waals surface area contributed by atoms with Gasteiger partial charge in [-0.25, -0.2) is 34.1 Å². The van der Waals surface area contributed by atoms with Crippen molar-refractivity contribution in [1.82, 2.24) is 92.3 Å². The number of halogens is 2. The number of alkyl halides is 2. The van der Waals surface area contributed by atoms with Gasteiger partial charge in [0.1, 0.15) is 34.5 Å². The van der Waals surface area contributed by atoms with Crippen LogP contribution in [0.4, 0.5) is 39.8 Å². The first-order valence-corrected chi connectivity index (χ1v) is 38.9. The third-order valence-corrected chi connectivity index (χ3v) is 21.3. The van der Waals surface area contributed by atoms with Crippen LogP contribution in [0.25, 0.3) is 21.8 Å². The minimum atomic E-state index is -3.01. The van der Waals surface area contributed by atoms with E-state index >= 15 is 0 Å². The van der Waals surface area contributed by atoms with Crippen molar-refractivity contribution in [2.24, 2.45) is 0 Å². The highest BCUT2D eigenvalue weighted by atomic mass is 32.1. The lowest BCUT2D eigenvalue weighted by atomic mass is 9.99. The molecule has 0 radical (unpaired) electrons. The summed E-state index contributed by atoms with van der Waals surface area (Å²) in [4.78, 5) is 172. The summed E-state index contributed by atoms with van der Waals surface area (Å²) in [5, 5.41) is 29.8. The van der Waals surface area contributed by atoms with Crippen LogP contribution in [0.15, 0.2) is 162 Å². The predicted octanol–water partition coefficient (Wildman–Crippen LogP) is 4.58. The highest BCUT2D eigenvalue weighted by Crippen LogP contribution is 2.35. The fourth-order valence-corrected chi connectivity index (χ4v) is 14.9. The zero-order valence-electron chi connectivity index (χ0n) is 66.6. The summed E-state index contributed by atoms with van der Waals surface area (Å²) in [7, 11) is 4.57. The van der Waals surface area contributed by atoms with Crippen LogP contribution in [0, 0.1) is 47.4 Å². The molecule has 40 heteroatoms. The normalized spacial score (nSPS) is 19.4. The summed E-state index contributed by atoms with van der Waals surface area (Å²) >= 11 is 1.52. The van der Waals surface area contributed by atoms with Gasteiger partial charge in [0, 0.05) is 96.5 Å². The zero-order valence-corrected chi connectivity index (χ0v) is 67.4. The topological polar surface area (TPSA) is 479 Å². The number of benzene rings is 5. The number of hydrogen-bond donors (Lipinski definition) is 10. The summed E-state index contributed by atoms with van der Waals surface area (Å²) in [5.41, 5.74) is 9.18. The molecular formula is C86H68F2N20O17S. The molecule has 634 valence electrons. The number of ether oxygens (including phenoxy) is 4. The van der Waals surface area contributed by atoms with Crippen molar-refractivity contribution in [1.29, 1.82) is 0 Å². The van der Waals surface area contributed by atoms with Gasteiger partial charge < -0.3 is 75.3 Å². The number of nitrogens with two attached hydrogens (primary N) is 1. The molecule has 5 aromatic carbocycles. The van der Waals surface area contributed by atoms with E-state index in [4.69, 9.17) is 24.4 Å². The van der Waals surface area contributed by atoms with Gasteiger partial charge in [-0.3, -0.25) is 64.6 Å². The van der Waals surface area contributed by atoms with Crippen molar-refractivity contribution in [2.75, 3.05) is 65.1 Å². The first-order chi connectivity index (χ1) is 60.6. The monoisotopic (exact) mass is 1720 g/mol. The lowest BCUT2D eigenvalue weighted by molar-refractivity contribution is -0.123. The van der Waals surface area contributed by atoms with Gasteiger partial charge in [0.25, 0.3) is 53.1 Å². The molecule has 0 bridgehead atoms.